The Bertz CT molecular complexity index is 1070. The van der Waals surface area contributed by atoms with Crippen LogP contribution in [-0.2, 0) is 19.6 Å². The third-order valence-corrected chi connectivity index (χ3v) is 5.42. The van der Waals surface area contributed by atoms with Gasteiger partial charge < -0.3 is 9.47 Å². The molecule has 0 aromatic heterocycles. The number of hydrogen-bond donors (Lipinski definition) is 0. The monoisotopic (exact) mass is 408 g/mol. The molecule has 0 saturated carbocycles. The van der Waals surface area contributed by atoms with Crippen LogP contribution in [0.1, 0.15) is 35.1 Å². The lowest BCUT2D eigenvalue weighted by atomic mass is 9.92. The quantitative estimate of drug-likeness (QED) is 0.292. The van der Waals surface area contributed by atoms with Crippen molar-refractivity contribution in [3.8, 4) is 11.5 Å². The zero-order valence-corrected chi connectivity index (χ0v) is 17.9. The van der Waals surface area contributed by atoms with Gasteiger partial charge in [-0.2, -0.15) is 0 Å². The summed E-state index contributed by atoms with van der Waals surface area (Å²) in [5.41, 5.74) is 4.77. The molecule has 0 aliphatic heterocycles. The Morgan fingerprint density at radius 1 is 0.548 bits per heavy atom. The molecule has 0 fully saturated rings. The van der Waals surface area contributed by atoms with Gasteiger partial charge in [-0.25, -0.2) is 0 Å². The Labute approximate surface area is 185 Å². The molecule has 156 valence electrons. The van der Waals surface area contributed by atoms with Crippen LogP contribution >= 0.6 is 0 Å². The smallest absolute Gasteiger partial charge is 0.123 e. The molecule has 31 heavy (non-hydrogen) atoms. The zero-order chi connectivity index (χ0) is 21.3. The van der Waals surface area contributed by atoms with Gasteiger partial charge in [0.1, 0.15) is 24.7 Å². The highest BCUT2D eigenvalue weighted by Gasteiger charge is 2.15. The number of hydrogen-bond acceptors (Lipinski definition) is 2. The lowest BCUT2D eigenvalue weighted by molar-refractivity contribution is 0.298. The zero-order valence-electron chi connectivity index (χ0n) is 17.9. The molecule has 1 atom stereocenters. The van der Waals surface area contributed by atoms with Crippen molar-refractivity contribution in [1.82, 2.24) is 0 Å². The van der Waals surface area contributed by atoms with Crippen molar-refractivity contribution in [3.05, 3.63) is 131 Å². The molecule has 0 bridgehead atoms. The van der Waals surface area contributed by atoms with Crippen LogP contribution in [0.5, 0.6) is 11.5 Å². The molecule has 4 aromatic carbocycles. The molecule has 0 aliphatic carbocycles. The lowest BCUT2D eigenvalue weighted by Crippen LogP contribution is -2.05. The van der Waals surface area contributed by atoms with Gasteiger partial charge in [-0.05, 0) is 46.7 Å². The number of para-hydroxylation sites is 2. The number of benzene rings is 4. The first-order chi connectivity index (χ1) is 15.3. The molecule has 0 radical (unpaired) electrons. The van der Waals surface area contributed by atoms with Gasteiger partial charge in [0, 0.05) is 0 Å². The molecule has 0 saturated heterocycles. The Morgan fingerprint density at radius 3 is 1.68 bits per heavy atom. The first kappa shape index (κ1) is 20.7. The molecule has 4 aromatic rings. The second-order valence-corrected chi connectivity index (χ2v) is 7.80. The summed E-state index contributed by atoms with van der Waals surface area (Å²) in [7, 11) is 0. The van der Waals surface area contributed by atoms with E-state index in [1.807, 2.05) is 48.5 Å². The van der Waals surface area contributed by atoms with Crippen LogP contribution in [-0.4, -0.2) is 0 Å². The minimum atomic E-state index is 0.299. The van der Waals surface area contributed by atoms with Gasteiger partial charge in [0.05, 0.1) is 0 Å². The summed E-state index contributed by atoms with van der Waals surface area (Å²) in [5.74, 6) is 2.19. The average molecular weight is 409 g/mol. The first-order valence-electron chi connectivity index (χ1n) is 10.8. The summed E-state index contributed by atoms with van der Waals surface area (Å²) in [5, 5.41) is 0. The molecule has 0 aliphatic rings. The second-order valence-electron chi connectivity index (χ2n) is 7.80. The fourth-order valence-corrected chi connectivity index (χ4v) is 3.74. The van der Waals surface area contributed by atoms with Crippen LogP contribution in [0.2, 0.25) is 0 Å². The van der Waals surface area contributed by atoms with Gasteiger partial charge in [-0.1, -0.05) is 104 Å². The molecular weight excluding hydrogens is 380 g/mol. The third-order valence-electron chi connectivity index (χ3n) is 5.42. The molecule has 4 rings (SSSR count). The summed E-state index contributed by atoms with van der Waals surface area (Å²) in [4.78, 5) is 0. The molecule has 0 heterocycles. The number of ether oxygens (including phenoxy) is 2. The minimum Gasteiger partial charge on any atom is -0.489 e. The van der Waals surface area contributed by atoms with E-state index < -0.39 is 0 Å². The molecule has 0 amide bonds. The highest BCUT2D eigenvalue weighted by Crippen LogP contribution is 2.32. The van der Waals surface area contributed by atoms with Crippen molar-refractivity contribution < 1.29 is 9.47 Å². The van der Waals surface area contributed by atoms with Crippen molar-refractivity contribution in [3.63, 3.8) is 0 Å². The maximum absolute atomic E-state index is 6.19. The van der Waals surface area contributed by atoms with Crippen LogP contribution in [0.25, 0.3) is 0 Å². The van der Waals surface area contributed by atoms with E-state index in [0.29, 0.717) is 19.1 Å². The summed E-state index contributed by atoms with van der Waals surface area (Å²) in [6.07, 6.45) is 0.886. The molecule has 0 N–H and O–H groups in total. The van der Waals surface area contributed by atoms with E-state index in [1.54, 1.807) is 0 Å². The van der Waals surface area contributed by atoms with Crippen LogP contribution in [0.4, 0.5) is 0 Å². The van der Waals surface area contributed by atoms with E-state index in [9.17, 15) is 0 Å². The van der Waals surface area contributed by atoms with Crippen LogP contribution in [0, 0.1) is 0 Å². The van der Waals surface area contributed by atoms with Gasteiger partial charge in [0.2, 0.25) is 0 Å². The summed E-state index contributed by atoms with van der Waals surface area (Å²) in [6, 6.07) is 37.2. The minimum absolute atomic E-state index is 0.299. The van der Waals surface area contributed by atoms with Gasteiger partial charge in [-0.3, -0.25) is 0 Å². The van der Waals surface area contributed by atoms with Crippen LogP contribution in [0.15, 0.2) is 109 Å². The van der Waals surface area contributed by atoms with Crippen molar-refractivity contribution in [1.29, 1.82) is 0 Å². The van der Waals surface area contributed by atoms with E-state index in [-0.39, 0.29) is 0 Å². The molecule has 2 heteroatoms. The van der Waals surface area contributed by atoms with Gasteiger partial charge >= 0.3 is 0 Å². The summed E-state index contributed by atoms with van der Waals surface area (Å²) >= 11 is 0. The first-order valence-corrected chi connectivity index (χ1v) is 10.8. The molecule has 0 spiro atoms. The maximum atomic E-state index is 6.19. The standard InChI is InChI=1S/C29H28O2/c1-23(27-17-9-11-19-29(27)31-22-25-14-6-3-7-15-25)20-26-16-8-10-18-28(26)30-21-24-12-4-2-5-13-24/h2-19,23H,20-22H2,1H3. The summed E-state index contributed by atoms with van der Waals surface area (Å²) in [6.45, 7) is 3.39. The Morgan fingerprint density at radius 2 is 1.03 bits per heavy atom. The summed E-state index contributed by atoms with van der Waals surface area (Å²) < 4.78 is 12.4. The topological polar surface area (TPSA) is 18.5 Å². The van der Waals surface area contributed by atoms with Gasteiger partial charge in [0.15, 0.2) is 0 Å². The van der Waals surface area contributed by atoms with Crippen LogP contribution < -0.4 is 9.47 Å². The normalized spacial score (nSPS) is 11.6. The highest BCUT2D eigenvalue weighted by atomic mass is 16.5. The lowest BCUT2D eigenvalue weighted by Gasteiger charge is -2.19. The van der Waals surface area contributed by atoms with Crippen LogP contribution in [0.3, 0.4) is 0 Å². The Kier molecular flexibility index (Phi) is 7.02. The van der Waals surface area contributed by atoms with Gasteiger partial charge in [-0.15, -0.1) is 0 Å². The Hall–Kier alpha value is -3.52. The van der Waals surface area contributed by atoms with Crippen molar-refractivity contribution in [2.75, 3.05) is 0 Å². The fourth-order valence-electron chi connectivity index (χ4n) is 3.74. The van der Waals surface area contributed by atoms with Crippen molar-refractivity contribution >= 4 is 0 Å². The van der Waals surface area contributed by atoms with E-state index in [4.69, 9.17) is 9.47 Å². The molecular formula is C29H28O2. The largest absolute Gasteiger partial charge is 0.489 e. The maximum Gasteiger partial charge on any atom is 0.123 e. The molecule has 2 nitrogen and oxygen atoms in total. The molecule has 1 unspecified atom stereocenters. The number of rotatable bonds is 9. The van der Waals surface area contributed by atoms with E-state index in [1.165, 1.54) is 22.3 Å². The third kappa shape index (κ3) is 5.76. The van der Waals surface area contributed by atoms with Crippen molar-refractivity contribution in [2.24, 2.45) is 0 Å². The SMILES string of the molecule is CC(Cc1ccccc1OCc1ccccc1)c1ccccc1OCc1ccccc1. The van der Waals surface area contributed by atoms with Crippen molar-refractivity contribution in [2.45, 2.75) is 32.5 Å². The fraction of sp³-hybridized carbons (Fsp3) is 0.172. The predicted octanol–water partition coefficient (Wildman–Crippen LogP) is 7.19. The second kappa shape index (κ2) is 10.5. The Balaban J connectivity index is 1.45. The van der Waals surface area contributed by atoms with E-state index in [0.717, 1.165) is 17.9 Å². The predicted molar refractivity (Wildman–Crippen MR) is 127 cm³/mol. The van der Waals surface area contributed by atoms with Gasteiger partial charge in [0.25, 0.3) is 0 Å². The average Bonchev–Trinajstić information content (AvgIpc) is 2.83. The highest BCUT2D eigenvalue weighted by molar-refractivity contribution is 5.40. The van der Waals surface area contributed by atoms with E-state index in [2.05, 4.69) is 67.6 Å². The van der Waals surface area contributed by atoms with E-state index >= 15 is 0 Å².